The fourth-order valence-electron chi connectivity index (χ4n) is 2.04. The summed E-state index contributed by atoms with van der Waals surface area (Å²) in [6.45, 7) is 1.32. The molecule has 4 heteroatoms. The molecule has 20 heavy (non-hydrogen) atoms. The number of hydrogen-bond donors (Lipinski definition) is 1. The second-order valence-electron chi connectivity index (χ2n) is 4.45. The molecule has 0 bridgehead atoms. The maximum absolute atomic E-state index is 13.3. The molecule has 2 aromatic rings. The summed E-state index contributed by atoms with van der Waals surface area (Å²) in [6, 6.07) is 12.8. The van der Waals surface area contributed by atoms with Gasteiger partial charge in [-0.05, 0) is 36.2 Å². The van der Waals surface area contributed by atoms with Crippen LogP contribution in [0.25, 0.3) is 0 Å². The number of ether oxygens (including phenoxy) is 1. The predicted octanol–water partition coefficient (Wildman–Crippen LogP) is 3.82. The van der Waals surface area contributed by atoms with Crippen LogP contribution in [0.5, 0.6) is 5.75 Å². The molecule has 106 valence electrons. The van der Waals surface area contributed by atoms with Gasteiger partial charge in [0.2, 0.25) is 0 Å². The normalized spacial score (nSPS) is 10.6. The second-order valence-corrected chi connectivity index (χ2v) is 4.83. The van der Waals surface area contributed by atoms with E-state index in [0.717, 1.165) is 29.8 Å². The van der Waals surface area contributed by atoms with E-state index >= 15 is 0 Å². The zero-order chi connectivity index (χ0) is 14.4. The van der Waals surface area contributed by atoms with Crippen molar-refractivity contribution in [3.8, 4) is 5.75 Å². The van der Waals surface area contributed by atoms with E-state index in [0.29, 0.717) is 6.54 Å². The first kappa shape index (κ1) is 14.8. The molecule has 1 N–H and O–H groups in total. The highest BCUT2D eigenvalue weighted by molar-refractivity contribution is 6.31. The van der Waals surface area contributed by atoms with Crippen LogP contribution < -0.4 is 10.1 Å². The minimum atomic E-state index is -0.379. The quantitative estimate of drug-likeness (QED) is 0.818. The van der Waals surface area contributed by atoms with Crippen molar-refractivity contribution in [1.29, 1.82) is 0 Å². The Hall–Kier alpha value is -1.58. The monoisotopic (exact) mass is 293 g/mol. The third-order valence-corrected chi connectivity index (χ3v) is 3.53. The fourth-order valence-corrected chi connectivity index (χ4v) is 2.23. The van der Waals surface area contributed by atoms with E-state index in [2.05, 4.69) is 5.32 Å². The van der Waals surface area contributed by atoms with Crippen LogP contribution in [-0.4, -0.2) is 13.7 Å². The van der Waals surface area contributed by atoms with Gasteiger partial charge in [0.25, 0.3) is 0 Å². The maximum atomic E-state index is 13.3. The third kappa shape index (κ3) is 3.71. The zero-order valence-electron chi connectivity index (χ0n) is 11.3. The van der Waals surface area contributed by atoms with Crippen molar-refractivity contribution in [2.45, 2.75) is 13.0 Å². The molecular weight excluding hydrogens is 277 g/mol. The van der Waals surface area contributed by atoms with Crippen molar-refractivity contribution in [2.75, 3.05) is 13.7 Å². The van der Waals surface area contributed by atoms with Gasteiger partial charge in [-0.1, -0.05) is 41.9 Å². The second kappa shape index (κ2) is 7.27. The highest BCUT2D eigenvalue weighted by Crippen LogP contribution is 2.20. The summed E-state index contributed by atoms with van der Waals surface area (Å²) in [5, 5.41) is 3.45. The summed E-state index contributed by atoms with van der Waals surface area (Å²) in [4.78, 5) is 0. The molecule has 0 atom stereocenters. The first-order chi connectivity index (χ1) is 9.72. The van der Waals surface area contributed by atoms with Crippen LogP contribution in [0.15, 0.2) is 42.5 Å². The number of para-hydroxylation sites is 1. The Morgan fingerprint density at radius 1 is 1.10 bits per heavy atom. The number of halogens is 2. The molecule has 2 nitrogen and oxygen atoms in total. The molecule has 0 heterocycles. The molecule has 0 radical (unpaired) electrons. The van der Waals surface area contributed by atoms with Gasteiger partial charge in [0, 0.05) is 6.54 Å². The van der Waals surface area contributed by atoms with Gasteiger partial charge in [-0.25, -0.2) is 4.39 Å². The smallest absolute Gasteiger partial charge is 0.142 e. The molecule has 0 unspecified atom stereocenters. The fraction of sp³-hybridized carbons (Fsp3) is 0.250. The van der Waals surface area contributed by atoms with E-state index in [-0.39, 0.29) is 10.8 Å². The average Bonchev–Trinajstić information content (AvgIpc) is 2.48. The molecular formula is C16H17ClFNO. The number of hydrogen-bond acceptors (Lipinski definition) is 2. The number of rotatable bonds is 6. The minimum Gasteiger partial charge on any atom is -0.496 e. The SMILES string of the molecule is COc1ccccc1CCNCc1cccc(F)c1Cl. The Morgan fingerprint density at radius 2 is 1.85 bits per heavy atom. The molecule has 0 aromatic heterocycles. The highest BCUT2D eigenvalue weighted by Gasteiger charge is 2.05. The van der Waals surface area contributed by atoms with E-state index in [4.69, 9.17) is 16.3 Å². The lowest BCUT2D eigenvalue weighted by Gasteiger charge is -2.10. The van der Waals surface area contributed by atoms with Crippen LogP contribution in [0.1, 0.15) is 11.1 Å². The summed E-state index contributed by atoms with van der Waals surface area (Å²) in [5.74, 6) is 0.508. The lowest BCUT2D eigenvalue weighted by Crippen LogP contribution is -2.17. The number of nitrogens with one attached hydrogen (secondary N) is 1. The predicted molar refractivity (Wildman–Crippen MR) is 79.8 cm³/mol. The van der Waals surface area contributed by atoms with Crippen molar-refractivity contribution in [1.82, 2.24) is 5.32 Å². The van der Waals surface area contributed by atoms with Crippen molar-refractivity contribution in [3.63, 3.8) is 0 Å². The van der Waals surface area contributed by atoms with Crippen molar-refractivity contribution >= 4 is 11.6 Å². The summed E-state index contributed by atoms with van der Waals surface area (Å²) in [5.41, 5.74) is 1.92. The van der Waals surface area contributed by atoms with E-state index < -0.39 is 0 Å². The van der Waals surface area contributed by atoms with Gasteiger partial charge >= 0.3 is 0 Å². The van der Waals surface area contributed by atoms with Crippen LogP contribution in [0.4, 0.5) is 4.39 Å². The van der Waals surface area contributed by atoms with Gasteiger partial charge in [-0.15, -0.1) is 0 Å². The largest absolute Gasteiger partial charge is 0.496 e. The molecule has 0 amide bonds. The molecule has 0 aliphatic carbocycles. The Balaban J connectivity index is 1.86. The summed E-state index contributed by atoms with van der Waals surface area (Å²) < 4.78 is 18.6. The number of methoxy groups -OCH3 is 1. The molecule has 2 rings (SSSR count). The first-order valence-electron chi connectivity index (χ1n) is 6.48. The lowest BCUT2D eigenvalue weighted by molar-refractivity contribution is 0.409. The summed E-state index contributed by atoms with van der Waals surface area (Å²) in [6.07, 6.45) is 0.844. The average molecular weight is 294 g/mol. The molecule has 0 spiro atoms. The summed E-state index contributed by atoms with van der Waals surface area (Å²) in [7, 11) is 1.67. The van der Waals surface area contributed by atoms with E-state index in [1.807, 2.05) is 30.3 Å². The third-order valence-electron chi connectivity index (χ3n) is 3.11. The number of benzene rings is 2. The maximum Gasteiger partial charge on any atom is 0.142 e. The Bertz CT molecular complexity index is 574. The van der Waals surface area contributed by atoms with Gasteiger partial charge in [-0.2, -0.15) is 0 Å². The molecule has 2 aromatic carbocycles. The first-order valence-corrected chi connectivity index (χ1v) is 6.85. The summed E-state index contributed by atoms with van der Waals surface area (Å²) >= 11 is 5.90. The van der Waals surface area contributed by atoms with Crippen molar-refractivity contribution in [3.05, 3.63) is 64.4 Å². The lowest BCUT2D eigenvalue weighted by atomic mass is 10.1. The van der Waals surface area contributed by atoms with Crippen LogP contribution in [-0.2, 0) is 13.0 Å². The van der Waals surface area contributed by atoms with E-state index in [1.165, 1.54) is 6.07 Å². The standard InChI is InChI=1S/C16H17ClFNO/c1-20-15-8-3-2-5-12(15)9-10-19-11-13-6-4-7-14(18)16(13)17/h2-8,19H,9-11H2,1H3. The Labute approximate surface area is 123 Å². The van der Waals surface area contributed by atoms with Crippen LogP contribution in [0, 0.1) is 5.82 Å². The van der Waals surface area contributed by atoms with Gasteiger partial charge in [-0.3, -0.25) is 0 Å². The van der Waals surface area contributed by atoms with Crippen molar-refractivity contribution in [2.24, 2.45) is 0 Å². The van der Waals surface area contributed by atoms with Gasteiger partial charge < -0.3 is 10.1 Å². The molecule has 0 aliphatic rings. The molecule has 0 fully saturated rings. The highest BCUT2D eigenvalue weighted by atomic mass is 35.5. The Morgan fingerprint density at radius 3 is 2.65 bits per heavy atom. The molecule has 0 saturated heterocycles. The molecule has 0 aliphatic heterocycles. The van der Waals surface area contributed by atoms with E-state index in [9.17, 15) is 4.39 Å². The Kier molecular flexibility index (Phi) is 5.39. The van der Waals surface area contributed by atoms with Gasteiger partial charge in [0.15, 0.2) is 0 Å². The van der Waals surface area contributed by atoms with Crippen molar-refractivity contribution < 1.29 is 9.13 Å². The van der Waals surface area contributed by atoms with Gasteiger partial charge in [0.1, 0.15) is 11.6 Å². The minimum absolute atomic E-state index is 0.192. The van der Waals surface area contributed by atoms with Crippen LogP contribution in [0.2, 0.25) is 5.02 Å². The molecule has 0 saturated carbocycles. The zero-order valence-corrected chi connectivity index (χ0v) is 12.1. The van der Waals surface area contributed by atoms with Crippen LogP contribution in [0.3, 0.4) is 0 Å². The topological polar surface area (TPSA) is 21.3 Å². The van der Waals surface area contributed by atoms with E-state index in [1.54, 1.807) is 13.2 Å². The van der Waals surface area contributed by atoms with Crippen LogP contribution >= 0.6 is 11.6 Å². The van der Waals surface area contributed by atoms with Gasteiger partial charge in [0.05, 0.1) is 12.1 Å².